The van der Waals surface area contributed by atoms with Crippen LogP contribution in [0.3, 0.4) is 0 Å². The summed E-state index contributed by atoms with van der Waals surface area (Å²) in [5.41, 5.74) is 3.89. The Morgan fingerprint density at radius 3 is 2.50 bits per heavy atom. The zero-order valence-corrected chi connectivity index (χ0v) is 16.4. The van der Waals surface area contributed by atoms with Gasteiger partial charge >= 0.3 is 0 Å². The van der Waals surface area contributed by atoms with E-state index in [4.69, 9.17) is 4.99 Å². The summed E-state index contributed by atoms with van der Waals surface area (Å²) < 4.78 is 13.4. The van der Waals surface area contributed by atoms with Crippen molar-refractivity contribution < 1.29 is 9.18 Å². The first kappa shape index (κ1) is 18.4. The largest absolute Gasteiger partial charge is 0.350 e. The molecule has 28 heavy (non-hydrogen) atoms. The molecule has 4 rings (SSSR count). The van der Waals surface area contributed by atoms with Crippen molar-refractivity contribution in [1.82, 2.24) is 5.32 Å². The van der Waals surface area contributed by atoms with Crippen molar-refractivity contribution in [3.05, 3.63) is 89.2 Å². The van der Waals surface area contributed by atoms with Crippen molar-refractivity contribution in [2.24, 2.45) is 4.99 Å². The fraction of sp³-hybridized carbons (Fsp3) is 0.130. The van der Waals surface area contributed by atoms with Gasteiger partial charge in [-0.25, -0.2) is 9.38 Å². The third-order valence-corrected chi connectivity index (χ3v) is 5.49. The van der Waals surface area contributed by atoms with Gasteiger partial charge in [-0.3, -0.25) is 4.79 Å². The molecule has 1 aliphatic rings. The highest BCUT2D eigenvalue weighted by Crippen LogP contribution is 2.41. The average Bonchev–Trinajstić information content (AvgIpc) is 2.84. The van der Waals surface area contributed by atoms with Crippen LogP contribution in [0, 0.1) is 5.82 Å². The molecule has 0 radical (unpaired) electrons. The molecular weight excluding hydrogens is 371 g/mol. The van der Waals surface area contributed by atoms with Crippen LogP contribution < -0.4 is 5.32 Å². The lowest BCUT2D eigenvalue weighted by molar-refractivity contribution is 0.0943. The molecule has 1 aliphatic heterocycles. The van der Waals surface area contributed by atoms with Crippen molar-refractivity contribution in [3.8, 4) is 0 Å². The van der Waals surface area contributed by atoms with Crippen molar-refractivity contribution >= 4 is 29.1 Å². The highest BCUT2D eigenvalue weighted by Gasteiger charge is 2.20. The maximum absolute atomic E-state index is 13.4. The Morgan fingerprint density at radius 2 is 1.75 bits per heavy atom. The van der Waals surface area contributed by atoms with E-state index in [1.165, 1.54) is 12.1 Å². The Hall–Kier alpha value is -2.92. The number of rotatable bonds is 3. The summed E-state index contributed by atoms with van der Waals surface area (Å²) in [4.78, 5) is 19.4. The van der Waals surface area contributed by atoms with Gasteiger partial charge in [0.1, 0.15) is 5.82 Å². The van der Waals surface area contributed by atoms with Gasteiger partial charge in [0.05, 0.1) is 11.4 Å². The lowest BCUT2D eigenvalue weighted by Gasteiger charge is -2.10. The monoisotopic (exact) mass is 390 g/mol. The first-order chi connectivity index (χ1) is 13.5. The van der Waals surface area contributed by atoms with Crippen molar-refractivity contribution in [2.45, 2.75) is 29.7 Å². The van der Waals surface area contributed by atoms with Gasteiger partial charge in [0.15, 0.2) is 0 Å². The molecule has 1 N–H and O–H groups in total. The maximum Gasteiger partial charge on any atom is 0.251 e. The number of benzene rings is 3. The molecule has 0 aromatic heterocycles. The van der Waals surface area contributed by atoms with Crippen LogP contribution >= 0.6 is 11.8 Å². The van der Waals surface area contributed by atoms with Gasteiger partial charge < -0.3 is 5.32 Å². The van der Waals surface area contributed by atoms with E-state index in [-0.39, 0.29) is 17.8 Å². The number of carbonyl (C=O) groups excluding carboxylic acids is 1. The fourth-order valence-corrected chi connectivity index (χ4v) is 4.06. The van der Waals surface area contributed by atoms with Gasteiger partial charge in [-0.2, -0.15) is 0 Å². The Balaban J connectivity index is 1.86. The molecule has 0 atom stereocenters. The van der Waals surface area contributed by atoms with E-state index in [2.05, 4.69) is 5.32 Å². The smallest absolute Gasteiger partial charge is 0.251 e. The number of carbonyl (C=O) groups is 1. The van der Waals surface area contributed by atoms with E-state index in [1.54, 1.807) is 23.9 Å². The van der Waals surface area contributed by atoms with Crippen LogP contribution in [0.1, 0.15) is 35.3 Å². The molecule has 0 fully saturated rings. The minimum Gasteiger partial charge on any atom is -0.350 e. The van der Waals surface area contributed by atoms with Gasteiger partial charge in [-0.1, -0.05) is 30.0 Å². The molecule has 3 aromatic rings. The minimum atomic E-state index is -0.284. The van der Waals surface area contributed by atoms with Crippen LogP contribution in [-0.4, -0.2) is 17.7 Å². The molecule has 0 spiro atoms. The summed E-state index contributed by atoms with van der Waals surface area (Å²) in [6.07, 6.45) is 0. The first-order valence-electron chi connectivity index (χ1n) is 9.08. The molecule has 3 nitrogen and oxygen atoms in total. The molecule has 0 bridgehead atoms. The zero-order chi connectivity index (χ0) is 19.7. The summed E-state index contributed by atoms with van der Waals surface area (Å²) in [5, 5.41) is 2.91. The van der Waals surface area contributed by atoms with E-state index < -0.39 is 0 Å². The molecule has 1 heterocycles. The Morgan fingerprint density at radius 1 is 1.00 bits per heavy atom. The number of halogens is 1. The zero-order valence-electron chi connectivity index (χ0n) is 15.6. The molecule has 5 heteroatoms. The molecule has 0 unspecified atom stereocenters. The molecule has 1 amide bonds. The molecule has 0 saturated heterocycles. The second-order valence-electron chi connectivity index (χ2n) is 6.88. The molecular formula is C23H19FN2OS. The number of hydrogen-bond donors (Lipinski definition) is 1. The number of nitrogens with zero attached hydrogens (tertiary/aromatic N) is 1. The summed E-state index contributed by atoms with van der Waals surface area (Å²) in [6, 6.07) is 20.0. The number of fused-ring (bicyclic) bond motifs is 2. The summed E-state index contributed by atoms with van der Waals surface area (Å²) >= 11 is 1.62. The number of hydrogen-bond acceptors (Lipinski definition) is 3. The van der Waals surface area contributed by atoms with Crippen molar-refractivity contribution in [2.75, 3.05) is 0 Å². The standard InChI is InChI=1S/C23H19FN2OS/c1-14(2)25-23(27)16-9-12-21-19(13-16)26-22(15-7-10-17(24)11-8-15)18-5-3-4-6-20(18)28-21/h3-14H,1-2H3,(H,25,27). The third kappa shape index (κ3) is 3.71. The SMILES string of the molecule is CC(C)NC(=O)c1ccc2c(c1)N=C(c1ccc(F)cc1)c1ccccc1S2. The topological polar surface area (TPSA) is 41.5 Å². The molecule has 3 aromatic carbocycles. The van der Waals surface area contributed by atoms with E-state index >= 15 is 0 Å². The highest BCUT2D eigenvalue weighted by atomic mass is 32.2. The molecule has 0 saturated carbocycles. The predicted molar refractivity (Wildman–Crippen MR) is 111 cm³/mol. The first-order valence-corrected chi connectivity index (χ1v) is 9.90. The maximum atomic E-state index is 13.4. The second kappa shape index (κ2) is 7.60. The summed E-state index contributed by atoms with van der Waals surface area (Å²) in [7, 11) is 0. The second-order valence-corrected chi connectivity index (χ2v) is 7.96. The lowest BCUT2D eigenvalue weighted by Crippen LogP contribution is -2.29. The third-order valence-electron chi connectivity index (χ3n) is 4.35. The summed E-state index contributed by atoms with van der Waals surface area (Å²) in [6.45, 7) is 3.86. The Labute approximate surface area is 167 Å². The van der Waals surface area contributed by atoms with E-state index in [1.807, 2.05) is 56.3 Å². The van der Waals surface area contributed by atoms with Gasteiger partial charge in [-0.05, 0) is 62.4 Å². The van der Waals surface area contributed by atoms with E-state index in [0.29, 0.717) is 5.56 Å². The Bertz CT molecular complexity index is 1070. The summed E-state index contributed by atoms with van der Waals surface area (Å²) in [5.74, 6) is -0.406. The van der Waals surface area contributed by atoms with Crippen LogP contribution in [-0.2, 0) is 0 Å². The van der Waals surface area contributed by atoms with Gasteiger partial charge in [-0.15, -0.1) is 0 Å². The van der Waals surface area contributed by atoms with Crippen LogP contribution in [0.25, 0.3) is 0 Å². The Kier molecular flexibility index (Phi) is 5.01. The minimum absolute atomic E-state index is 0.0585. The predicted octanol–water partition coefficient (Wildman–Crippen LogP) is 5.60. The highest BCUT2D eigenvalue weighted by molar-refractivity contribution is 7.99. The van der Waals surface area contributed by atoms with E-state index in [9.17, 15) is 9.18 Å². The quantitative estimate of drug-likeness (QED) is 0.495. The number of amides is 1. The number of aliphatic imine (C=N–C) groups is 1. The molecule has 0 aliphatic carbocycles. The molecule has 140 valence electrons. The van der Waals surface area contributed by atoms with E-state index in [0.717, 1.165) is 32.3 Å². The normalized spacial score (nSPS) is 12.6. The van der Waals surface area contributed by atoms with Crippen LogP contribution in [0.2, 0.25) is 0 Å². The van der Waals surface area contributed by atoms with Crippen LogP contribution in [0.15, 0.2) is 81.5 Å². The van der Waals surface area contributed by atoms with Gasteiger partial charge in [0.2, 0.25) is 0 Å². The van der Waals surface area contributed by atoms with Crippen LogP contribution in [0.4, 0.5) is 10.1 Å². The average molecular weight is 390 g/mol. The lowest BCUT2D eigenvalue weighted by atomic mass is 10.0. The van der Waals surface area contributed by atoms with Crippen LogP contribution in [0.5, 0.6) is 0 Å². The van der Waals surface area contributed by atoms with Crippen molar-refractivity contribution in [1.29, 1.82) is 0 Å². The van der Waals surface area contributed by atoms with Gasteiger partial charge in [0.25, 0.3) is 5.91 Å². The van der Waals surface area contributed by atoms with Crippen molar-refractivity contribution in [3.63, 3.8) is 0 Å². The number of nitrogens with one attached hydrogen (secondary N) is 1. The van der Waals surface area contributed by atoms with Gasteiger partial charge in [0, 0.05) is 32.5 Å². The fourth-order valence-electron chi connectivity index (χ4n) is 3.06.